The van der Waals surface area contributed by atoms with Gasteiger partial charge in [0.05, 0.1) is 42.8 Å². The second-order valence-electron chi connectivity index (χ2n) is 36.7. The van der Waals surface area contributed by atoms with Crippen molar-refractivity contribution in [3.63, 3.8) is 0 Å². The number of carbonyl (C=O) groups excluding carboxylic acids is 7. The number of imide groups is 1. The molecule has 0 saturated carbocycles. The highest BCUT2D eigenvalue weighted by Gasteiger charge is 2.32. The summed E-state index contributed by atoms with van der Waals surface area (Å²) in [6, 6.07) is 38.5. The van der Waals surface area contributed by atoms with Crippen LogP contribution in [0.2, 0.25) is 35.2 Å². The van der Waals surface area contributed by atoms with Gasteiger partial charge in [0, 0.05) is 78.4 Å². The Morgan fingerprint density at radius 1 is 0.377 bits per heavy atom. The number of hydrogen-bond acceptors (Lipinski definition) is 14. The van der Waals surface area contributed by atoms with Crippen LogP contribution in [0, 0.1) is 23.2 Å². The number of ether oxygens (including phenoxy) is 5. The largest absolute Gasteiger partial charge is 0.444 e. The Bertz CT molecular complexity index is 4570. The molecule has 30 heteroatoms. The van der Waals surface area contributed by atoms with Crippen LogP contribution in [0.5, 0.6) is 0 Å². The fraction of sp³-hybridized carbons (Fsp3) is 0.467. The lowest BCUT2D eigenvalue weighted by Gasteiger charge is -2.28. The number of hydrogen-bond donors (Lipinski definition) is 5. The predicted octanol–water partition coefficient (Wildman–Crippen LogP) is 30.5. The minimum Gasteiger partial charge on any atom is -0.444 e. The van der Waals surface area contributed by atoms with E-state index in [1.165, 1.54) is 11.1 Å². The van der Waals surface area contributed by atoms with E-state index >= 15 is 0 Å². The molecular weight excluding hydrogens is 2030 g/mol. The maximum absolute atomic E-state index is 12.4. The number of nitrogens with zero attached hydrogens (tertiary/aromatic N) is 1. The first-order valence-corrected chi connectivity index (χ1v) is 45.7. The van der Waals surface area contributed by atoms with E-state index in [-0.39, 0.29) is 34.4 Å². The minimum absolute atomic E-state index is 0.00315. The van der Waals surface area contributed by atoms with Gasteiger partial charge in [0.1, 0.15) is 28.0 Å². The van der Waals surface area contributed by atoms with Crippen molar-refractivity contribution in [3.8, 4) is 0 Å². The summed E-state index contributed by atoms with van der Waals surface area (Å²) in [5, 5.41) is 23.2. The summed E-state index contributed by atoms with van der Waals surface area (Å²) in [5.41, 5.74) is 10.8. The number of aliphatic hydroxyl groups excluding tert-OH is 1. The molecule has 0 spiro atoms. The Balaban J connectivity index is 0.000000727. The maximum atomic E-state index is 12.4. The Morgan fingerprint density at radius 3 is 0.967 bits per heavy atom. The molecule has 1 atom stereocenters. The summed E-state index contributed by atoms with van der Waals surface area (Å²) in [6.45, 7) is 48.5. The lowest BCUT2D eigenvalue weighted by atomic mass is 9.87. The Hall–Kier alpha value is -5.22. The number of ketones is 2. The Kier molecular flexibility index (Phi) is 49.2. The molecule has 0 saturated heterocycles. The van der Waals surface area contributed by atoms with Gasteiger partial charge in [-0.3, -0.25) is 9.59 Å². The first-order valence-electron chi connectivity index (χ1n) is 38.8. The molecule has 18 nitrogen and oxygen atoms in total. The summed E-state index contributed by atoms with van der Waals surface area (Å²) in [4.78, 5) is 84.6. The van der Waals surface area contributed by atoms with Crippen molar-refractivity contribution in [2.24, 2.45) is 22.0 Å². The number of benzene rings is 7. The molecule has 0 aliphatic carbocycles. The molecule has 7 aromatic rings. The van der Waals surface area contributed by atoms with E-state index in [1.807, 2.05) is 157 Å². The van der Waals surface area contributed by atoms with Crippen LogP contribution in [0.1, 0.15) is 257 Å². The summed E-state index contributed by atoms with van der Waals surface area (Å²) in [6.07, 6.45) is -1.97. The molecule has 0 bridgehead atoms. The number of aryl methyl sites for hydroxylation is 1. The average molecular weight is 2150 g/mol. The number of alkyl carbamates (subject to hydrolysis) is 3. The molecule has 1 unspecified atom stereocenters. The fourth-order valence-corrected chi connectivity index (χ4v) is 12.7. The van der Waals surface area contributed by atoms with Gasteiger partial charge in [-0.05, 0) is 321 Å². The van der Waals surface area contributed by atoms with E-state index in [1.54, 1.807) is 123 Å². The van der Waals surface area contributed by atoms with Gasteiger partial charge in [-0.2, -0.15) is 0 Å². The minimum atomic E-state index is -0.768. The summed E-state index contributed by atoms with van der Waals surface area (Å²) >= 11 is 58.7. The third-order valence-corrected chi connectivity index (χ3v) is 21.3. The molecule has 5 amide bonds. The summed E-state index contributed by atoms with van der Waals surface area (Å²) < 4.78 is 29.5. The number of alkyl halides is 1. The molecule has 0 aromatic heterocycles. The third-order valence-electron chi connectivity index (χ3n) is 14.8. The summed E-state index contributed by atoms with van der Waals surface area (Å²) in [7, 11) is 0. The quantitative estimate of drug-likeness (QED) is 0.0343. The van der Waals surface area contributed by atoms with Crippen molar-refractivity contribution in [2.45, 2.75) is 265 Å². The van der Waals surface area contributed by atoms with Crippen LogP contribution in [0.25, 0.3) is 0 Å². The highest BCUT2D eigenvalue weighted by atomic mass is 79.9. The zero-order chi connectivity index (χ0) is 94.2. The highest BCUT2D eigenvalue weighted by Crippen LogP contribution is 2.35. The standard InChI is InChI=1S/C18H28ClNO3.C18H26ClNO3.C17H23BrClNO4.C13H18ClNO.C12H15BrClNO2.C7H5Br2Cl.C7H6BrCl/c2*1-17(2,3)10-15(21)13-8-7-12(9-14(13)19)11-20-16(22)23-18(4,5)6;1-16(2,3)23-14(21)20(15(22)24-17(4,5)6)10-11-7-8-12(18)13(19)9-11;1-13(2,3)7-12(16)10-5-4-9(8-15)6-11(10)14;1-12(2,3)17-11(16)15-7-8-4-5-9(13)10(14)6-8;8-4-5-1-2-6(9)7(10)3-5;1-5-2-3-6(8)7(9)4-5/h7-9,15,21H,10-11H2,1-6H3,(H,20,22);7-9H,10-11H2,1-6H3,(H,20,22);7-9H,10H2,1-6H3;4-6H,7-8,15H2,1-3H3;4-6H,7H2,1-3H3,(H,15,16);1-3H,4H2;2-4H,1H3. The number of carbonyl (C=O) groups is 7. The van der Waals surface area contributed by atoms with Crippen molar-refractivity contribution in [1.29, 1.82) is 0 Å². The maximum Gasteiger partial charge on any atom is 0.420 e. The smallest absolute Gasteiger partial charge is 0.420 e. The zero-order valence-corrected chi connectivity index (χ0v) is 87.7. The second kappa shape index (κ2) is 52.3. The van der Waals surface area contributed by atoms with E-state index in [0.717, 1.165) is 60.4 Å². The van der Waals surface area contributed by atoms with Crippen LogP contribution in [-0.4, -0.2) is 80.0 Å². The van der Waals surface area contributed by atoms with Gasteiger partial charge in [-0.25, -0.2) is 28.9 Å². The van der Waals surface area contributed by atoms with Crippen LogP contribution in [-0.2, 0) is 61.7 Å². The monoisotopic (exact) mass is 2140 g/mol. The number of amides is 5. The van der Waals surface area contributed by atoms with Gasteiger partial charge < -0.3 is 50.5 Å². The Morgan fingerprint density at radius 2 is 0.664 bits per heavy atom. The lowest BCUT2D eigenvalue weighted by molar-refractivity contribution is -0.000453. The molecule has 6 N–H and O–H groups in total. The molecular formula is C92H121Br5Cl7N5O13. The van der Waals surface area contributed by atoms with Crippen molar-refractivity contribution in [1.82, 2.24) is 20.9 Å². The van der Waals surface area contributed by atoms with Crippen molar-refractivity contribution < 1.29 is 62.4 Å². The molecule has 0 aliphatic heterocycles. The van der Waals surface area contributed by atoms with Crippen molar-refractivity contribution in [3.05, 3.63) is 236 Å². The predicted molar refractivity (Wildman–Crippen MR) is 519 cm³/mol. The van der Waals surface area contributed by atoms with E-state index in [4.69, 9.17) is 111 Å². The van der Waals surface area contributed by atoms with Crippen LogP contribution in [0.4, 0.5) is 24.0 Å². The normalized spacial score (nSPS) is 11.7. The van der Waals surface area contributed by atoms with Gasteiger partial charge >= 0.3 is 30.5 Å². The average Bonchev–Trinajstić information content (AvgIpc) is 0.855. The van der Waals surface area contributed by atoms with Gasteiger partial charge in [0.2, 0.25) is 0 Å². The second-order valence-corrected chi connectivity index (χ2v) is 43.5. The number of halogens is 12. The van der Waals surface area contributed by atoms with Crippen LogP contribution in [0.3, 0.4) is 0 Å². The van der Waals surface area contributed by atoms with Gasteiger partial charge in [-0.1, -0.05) is 208 Å². The Labute approximate surface area is 801 Å². The molecule has 0 heterocycles. The highest BCUT2D eigenvalue weighted by molar-refractivity contribution is 9.11. The molecule has 122 heavy (non-hydrogen) atoms. The van der Waals surface area contributed by atoms with Crippen LogP contribution < -0.4 is 21.7 Å². The van der Waals surface area contributed by atoms with Crippen LogP contribution >= 0.6 is 161 Å². The number of Topliss-reactive ketones (excluding diaryl/α,β-unsaturated/α-hetero) is 2. The number of rotatable bonds is 16. The molecule has 0 radical (unpaired) electrons. The van der Waals surface area contributed by atoms with E-state index in [2.05, 4.69) is 116 Å². The molecule has 676 valence electrons. The SMILES string of the molecule is CC(C)(C)CC(=O)c1ccc(CN)cc1Cl.CC(C)(C)CC(=O)c1ccc(CNC(=O)OC(C)(C)C)cc1Cl.CC(C)(C)CC(O)c1ccc(CNC(=O)OC(C)(C)C)cc1Cl.CC(C)(C)OC(=O)N(Cc1ccc(Br)c(Cl)c1)C(=O)OC(C)(C)C.CC(C)(C)OC(=O)NCc1ccc(Br)c(Cl)c1.Cc1ccc(Br)c(Cl)c1.Clc1cc(CBr)ccc1Br. The fourth-order valence-electron chi connectivity index (χ4n) is 9.60. The molecule has 7 rings (SSSR count). The zero-order valence-electron chi connectivity index (χ0n) is 74.5. The van der Waals surface area contributed by atoms with Gasteiger partial charge in [0.25, 0.3) is 0 Å². The topological polar surface area (TPSA) is 251 Å². The first-order chi connectivity index (χ1) is 55.6. The van der Waals surface area contributed by atoms with Gasteiger partial charge in [-0.15, -0.1) is 0 Å². The van der Waals surface area contributed by atoms with Crippen molar-refractivity contribution >= 4 is 203 Å². The van der Waals surface area contributed by atoms with Crippen molar-refractivity contribution in [2.75, 3.05) is 0 Å². The number of nitrogens with one attached hydrogen (secondary N) is 3. The first kappa shape index (κ1) is 115. The number of aliphatic hydroxyl groups is 1. The molecule has 7 aromatic carbocycles. The van der Waals surface area contributed by atoms with E-state index in [9.17, 15) is 38.7 Å². The molecule has 0 aliphatic rings. The van der Waals surface area contributed by atoms with Crippen LogP contribution in [0.15, 0.2) is 145 Å². The lowest BCUT2D eigenvalue weighted by Crippen LogP contribution is -2.43. The van der Waals surface area contributed by atoms with E-state index < -0.39 is 64.6 Å². The van der Waals surface area contributed by atoms with E-state index in [0.29, 0.717) is 92.8 Å². The summed E-state index contributed by atoms with van der Waals surface area (Å²) in [5.74, 6) is 0.107. The molecule has 0 fully saturated rings. The third kappa shape index (κ3) is 52.2. The number of nitrogens with two attached hydrogens (primary N) is 1. The van der Waals surface area contributed by atoms with Gasteiger partial charge in [0.15, 0.2) is 11.6 Å².